The van der Waals surface area contributed by atoms with E-state index in [1.54, 1.807) is 6.33 Å². The molecule has 6 heteroatoms. The monoisotopic (exact) mass is 291 g/mol. The Hall–Kier alpha value is -1.43. The zero-order chi connectivity index (χ0) is 14.7. The van der Waals surface area contributed by atoms with E-state index in [0.717, 1.165) is 51.3 Å². The summed E-state index contributed by atoms with van der Waals surface area (Å²) in [6.07, 6.45) is 6.84. The summed E-state index contributed by atoms with van der Waals surface area (Å²) >= 11 is 0. The Morgan fingerprint density at radius 3 is 3.10 bits per heavy atom. The summed E-state index contributed by atoms with van der Waals surface area (Å²) in [5.74, 6) is 2.35. The lowest BCUT2D eigenvalue weighted by Gasteiger charge is -2.32. The van der Waals surface area contributed by atoms with Gasteiger partial charge in [0.05, 0.1) is 0 Å². The van der Waals surface area contributed by atoms with Crippen LogP contribution in [0.15, 0.2) is 6.33 Å². The summed E-state index contributed by atoms with van der Waals surface area (Å²) in [6.45, 7) is 3.88. The number of rotatable bonds is 4. The first kappa shape index (κ1) is 14.5. The molecule has 0 saturated carbocycles. The van der Waals surface area contributed by atoms with Crippen LogP contribution in [0.1, 0.15) is 43.8 Å². The normalized spacial score (nSPS) is 26.2. The van der Waals surface area contributed by atoms with Crippen LogP contribution < -0.4 is 5.32 Å². The highest BCUT2D eigenvalue weighted by Crippen LogP contribution is 2.26. The molecule has 3 rings (SSSR count). The largest absolute Gasteiger partial charge is 0.342 e. The number of likely N-dealkylation sites (tertiary alicyclic amines) is 1. The van der Waals surface area contributed by atoms with Gasteiger partial charge < -0.3 is 14.8 Å². The number of carbonyl (C=O) groups excluding carboxylic acids is 1. The second kappa shape index (κ2) is 6.56. The highest BCUT2D eigenvalue weighted by Gasteiger charge is 2.27. The standard InChI is InChI=1S/C15H25N5O/c1-19-11-17-18-15(19)13-3-2-8-20(10-13)14(21)5-4-12-6-7-16-9-12/h11-13,16H,2-10H2,1H3. The number of aryl methyl sites for hydroxylation is 1. The van der Waals surface area contributed by atoms with Crippen molar-refractivity contribution in [1.82, 2.24) is 25.0 Å². The number of nitrogens with one attached hydrogen (secondary N) is 1. The Labute approximate surface area is 125 Å². The van der Waals surface area contributed by atoms with Gasteiger partial charge in [0.25, 0.3) is 0 Å². The summed E-state index contributed by atoms with van der Waals surface area (Å²) in [7, 11) is 1.98. The molecular formula is C15H25N5O. The minimum atomic E-state index is 0.314. The number of piperidine rings is 1. The van der Waals surface area contributed by atoms with Crippen LogP contribution in [0.4, 0.5) is 0 Å². The second-order valence-electron chi connectivity index (χ2n) is 6.38. The number of hydrogen-bond donors (Lipinski definition) is 1. The molecule has 21 heavy (non-hydrogen) atoms. The van der Waals surface area contributed by atoms with Gasteiger partial charge in [-0.05, 0) is 44.7 Å². The van der Waals surface area contributed by atoms with E-state index >= 15 is 0 Å². The summed E-state index contributed by atoms with van der Waals surface area (Å²) in [4.78, 5) is 14.5. The summed E-state index contributed by atoms with van der Waals surface area (Å²) in [5.41, 5.74) is 0. The van der Waals surface area contributed by atoms with Crippen molar-refractivity contribution in [3.8, 4) is 0 Å². The van der Waals surface area contributed by atoms with Gasteiger partial charge in [0, 0.05) is 32.5 Å². The molecule has 3 heterocycles. The first-order valence-electron chi connectivity index (χ1n) is 8.06. The fourth-order valence-electron chi connectivity index (χ4n) is 3.52. The molecule has 2 unspecified atom stereocenters. The van der Waals surface area contributed by atoms with Gasteiger partial charge in [0.1, 0.15) is 12.2 Å². The van der Waals surface area contributed by atoms with Crippen molar-refractivity contribution < 1.29 is 4.79 Å². The Morgan fingerprint density at radius 2 is 2.38 bits per heavy atom. The van der Waals surface area contributed by atoms with Crippen molar-refractivity contribution in [2.24, 2.45) is 13.0 Å². The molecule has 2 saturated heterocycles. The second-order valence-corrected chi connectivity index (χ2v) is 6.38. The Bertz CT molecular complexity index is 480. The maximum absolute atomic E-state index is 12.4. The van der Waals surface area contributed by atoms with E-state index < -0.39 is 0 Å². The van der Waals surface area contributed by atoms with E-state index in [4.69, 9.17) is 0 Å². The lowest BCUT2D eigenvalue weighted by atomic mass is 9.96. The molecule has 2 fully saturated rings. The third-order valence-corrected chi connectivity index (χ3v) is 4.81. The number of amides is 1. The molecule has 0 spiro atoms. The molecule has 6 nitrogen and oxygen atoms in total. The Balaban J connectivity index is 1.53. The highest BCUT2D eigenvalue weighted by molar-refractivity contribution is 5.76. The van der Waals surface area contributed by atoms with Crippen molar-refractivity contribution in [3.63, 3.8) is 0 Å². The van der Waals surface area contributed by atoms with Gasteiger partial charge in [-0.25, -0.2) is 0 Å². The molecule has 0 radical (unpaired) electrons. The zero-order valence-corrected chi connectivity index (χ0v) is 12.8. The number of aromatic nitrogens is 3. The number of carbonyl (C=O) groups is 1. The van der Waals surface area contributed by atoms with E-state index in [-0.39, 0.29) is 0 Å². The summed E-state index contributed by atoms with van der Waals surface area (Å²) in [6, 6.07) is 0. The Morgan fingerprint density at radius 1 is 1.48 bits per heavy atom. The molecular weight excluding hydrogens is 266 g/mol. The molecule has 2 aliphatic rings. The first-order chi connectivity index (χ1) is 10.2. The van der Waals surface area contributed by atoms with Gasteiger partial charge in [-0.15, -0.1) is 10.2 Å². The van der Waals surface area contributed by atoms with Crippen LogP contribution in [0.25, 0.3) is 0 Å². The third kappa shape index (κ3) is 3.43. The molecule has 1 aromatic rings. The van der Waals surface area contributed by atoms with Crippen molar-refractivity contribution in [1.29, 1.82) is 0 Å². The Kier molecular flexibility index (Phi) is 4.53. The average Bonchev–Trinajstić information content (AvgIpc) is 3.16. The number of hydrogen-bond acceptors (Lipinski definition) is 4. The lowest BCUT2D eigenvalue weighted by Crippen LogP contribution is -2.39. The molecule has 0 bridgehead atoms. The zero-order valence-electron chi connectivity index (χ0n) is 12.8. The van der Waals surface area contributed by atoms with E-state index in [2.05, 4.69) is 15.5 Å². The topological polar surface area (TPSA) is 63.1 Å². The van der Waals surface area contributed by atoms with Crippen molar-refractivity contribution >= 4 is 5.91 Å². The predicted molar refractivity (Wildman–Crippen MR) is 79.8 cm³/mol. The van der Waals surface area contributed by atoms with Gasteiger partial charge in [0.2, 0.25) is 5.91 Å². The van der Waals surface area contributed by atoms with Gasteiger partial charge in [-0.3, -0.25) is 4.79 Å². The molecule has 0 aliphatic carbocycles. The van der Waals surface area contributed by atoms with Gasteiger partial charge in [-0.2, -0.15) is 0 Å². The summed E-state index contributed by atoms with van der Waals surface area (Å²) in [5, 5.41) is 11.5. The molecule has 1 N–H and O–H groups in total. The van der Waals surface area contributed by atoms with E-state index in [9.17, 15) is 4.79 Å². The van der Waals surface area contributed by atoms with Crippen molar-refractivity contribution in [2.75, 3.05) is 26.2 Å². The quantitative estimate of drug-likeness (QED) is 0.895. The highest BCUT2D eigenvalue weighted by atomic mass is 16.2. The van der Waals surface area contributed by atoms with Crippen LogP contribution in [-0.2, 0) is 11.8 Å². The van der Waals surface area contributed by atoms with E-state index in [0.29, 0.717) is 24.2 Å². The van der Waals surface area contributed by atoms with E-state index in [1.807, 2.05) is 16.5 Å². The van der Waals surface area contributed by atoms with Gasteiger partial charge in [0.15, 0.2) is 0 Å². The van der Waals surface area contributed by atoms with Gasteiger partial charge >= 0.3 is 0 Å². The van der Waals surface area contributed by atoms with E-state index in [1.165, 1.54) is 6.42 Å². The van der Waals surface area contributed by atoms with Crippen LogP contribution in [0, 0.1) is 5.92 Å². The predicted octanol–water partition coefficient (Wildman–Crippen LogP) is 0.911. The lowest BCUT2D eigenvalue weighted by molar-refractivity contribution is -0.132. The maximum Gasteiger partial charge on any atom is 0.222 e. The van der Waals surface area contributed by atoms with Crippen LogP contribution in [0.2, 0.25) is 0 Å². The first-order valence-corrected chi connectivity index (χ1v) is 8.06. The minimum absolute atomic E-state index is 0.314. The summed E-state index contributed by atoms with van der Waals surface area (Å²) < 4.78 is 1.98. The van der Waals surface area contributed by atoms with Crippen LogP contribution in [0.5, 0.6) is 0 Å². The molecule has 2 atom stereocenters. The maximum atomic E-state index is 12.4. The fraction of sp³-hybridized carbons (Fsp3) is 0.800. The average molecular weight is 291 g/mol. The van der Waals surface area contributed by atoms with Crippen molar-refractivity contribution in [2.45, 2.75) is 38.0 Å². The fourth-order valence-corrected chi connectivity index (χ4v) is 3.52. The third-order valence-electron chi connectivity index (χ3n) is 4.81. The number of nitrogens with zero attached hydrogens (tertiary/aromatic N) is 4. The van der Waals surface area contributed by atoms with Crippen LogP contribution in [-0.4, -0.2) is 51.8 Å². The van der Waals surface area contributed by atoms with Crippen LogP contribution >= 0.6 is 0 Å². The minimum Gasteiger partial charge on any atom is -0.342 e. The molecule has 116 valence electrons. The van der Waals surface area contributed by atoms with Crippen LogP contribution in [0.3, 0.4) is 0 Å². The molecule has 0 aromatic carbocycles. The smallest absolute Gasteiger partial charge is 0.222 e. The molecule has 2 aliphatic heterocycles. The molecule has 1 aromatic heterocycles. The van der Waals surface area contributed by atoms with Gasteiger partial charge in [-0.1, -0.05) is 0 Å². The van der Waals surface area contributed by atoms with Crippen molar-refractivity contribution in [3.05, 3.63) is 12.2 Å². The molecule has 1 amide bonds. The SMILES string of the molecule is Cn1cnnc1C1CCCN(C(=O)CCC2CCNC2)C1.